The zero-order chi connectivity index (χ0) is 13.1. The third-order valence-electron chi connectivity index (χ3n) is 3.23. The number of carbonyl (C=O) groups excluding carboxylic acids is 1. The maximum absolute atomic E-state index is 12.5. The highest BCUT2D eigenvalue weighted by Gasteiger charge is 2.29. The van der Waals surface area contributed by atoms with Crippen molar-refractivity contribution in [3.8, 4) is 0 Å². The zero-order valence-electron chi connectivity index (χ0n) is 10.9. The van der Waals surface area contributed by atoms with Crippen LogP contribution in [0, 0.1) is 0 Å². The molecule has 1 saturated heterocycles. The van der Waals surface area contributed by atoms with Crippen molar-refractivity contribution in [2.45, 2.75) is 19.4 Å². The van der Waals surface area contributed by atoms with Gasteiger partial charge in [-0.1, -0.05) is 6.92 Å². The Kier molecular flexibility index (Phi) is 3.98. The average Bonchev–Trinajstić information content (AvgIpc) is 2.79. The summed E-state index contributed by atoms with van der Waals surface area (Å²) in [5.74, 6) is 0.0127. The second kappa shape index (κ2) is 5.49. The van der Waals surface area contributed by atoms with Gasteiger partial charge in [0.15, 0.2) is 0 Å². The Morgan fingerprint density at radius 2 is 2.44 bits per heavy atom. The van der Waals surface area contributed by atoms with Gasteiger partial charge in [-0.05, 0) is 6.42 Å². The summed E-state index contributed by atoms with van der Waals surface area (Å²) in [6.07, 6.45) is 2.53. The first-order valence-electron chi connectivity index (χ1n) is 6.28. The number of nitrogens with two attached hydrogens (primary N) is 1. The molecule has 2 heterocycles. The van der Waals surface area contributed by atoms with E-state index in [2.05, 4.69) is 5.10 Å². The molecule has 1 aromatic rings. The van der Waals surface area contributed by atoms with Crippen LogP contribution < -0.4 is 5.73 Å². The summed E-state index contributed by atoms with van der Waals surface area (Å²) in [5, 5.41) is 4.30. The second-order valence-electron chi connectivity index (χ2n) is 4.48. The van der Waals surface area contributed by atoms with Crippen LogP contribution in [0.3, 0.4) is 0 Å². The molecule has 1 unspecified atom stereocenters. The van der Waals surface area contributed by atoms with E-state index in [-0.39, 0.29) is 11.9 Å². The van der Waals surface area contributed by atoms with Crippen LogP contribution in [0.5, 0.6) is 0 Å². The molecule has 6 heteroatoms. The highest BCUT2D eigenvalue weighted by Crippen LogP contribution is 2.15. The fourth-order valence-corrected chi connectivity index (χ4v) is 2.25. The third kappa shape index (κ3) is 2.39. The molecule has 0 radical (unpaired) electrons. The lowest BCUT2D eigenvalue weighted by Gasteiger charge is -2.34. The van der Waals surface area contributed by atoms with Gasteiger partial charge in [-0.25, -0.2) is 0 Å². The molecule has 0 bridgehead atoms. The van der Waals surface area contributed by atoms with Gasteiger partial charge in [0.1, 0.15) is 0 Å². The number of carbonyl (C=O) groups is 1. The molecule has 1 aromatic heterocycles. The smallest absolute Gasteiger partial charge is 0.257 e. The molecule has 1 atom stereocenters. The van der Waals surface area contributed by atoms with Gasteiger partial charge in [0.05, 0.1) is 30.5 Å². The largest absolute Gasteiger partial charge is 0.377 e. The summed E-state index contributed by atoms with van der Waals surface area (Å²) in [6, 6.07) is -0.0313. The third-order valence-corrected chi connectivity index (χ3v) is 3.23. The summed E-state index contributed by atoms with van der Waals surface area (Å²) < 4.78 is 7.04. The fraction of sp³-hybridized carbons (Fsp3) is 0.667. The van der Waals surface area contributed by atoms with Gasteiger partial charge in [0.2, 0.25) is 0 Å². The van der Waals surface area contributed by atoms with Crippen LogP contribution in [0.25, 0.3) is 0 Å². The van der Waals surface area contributed by atoms with Crippen LogP contribution in [0.1, 0.15) is 23.0 Å². The van der Waals surface area contributed by atoms with E-state index in [1.54, 1.807) is 15.8 Å². The summed E-state index contributed by atoms with van der Waals surface area (Å²) in [4.78, 5) is 14.3. The van der Waals surface area contributed by atoms with Gasteiger partial charge >= 0.3 is 0 Å². The van der Waals surface area contributed by atoms with Gasteiger partial charge in [0, 0.05) is 26.3 Å². The van der Waals surface area contributed by atoms with Gasteiger partial charge in [-0.15, -0.1) is 0 Å². The lowest BCUT2D eigenvalue weighted by molar-refractivity contribution is 0.000779. The molecule has 0 aliphatic carbocycles. The Morgan fingerprint density at radius 3 is 3.11 bits per heavy atom. The van der Waals surface area contributed by atoms with Gasteiger partial charge in [-0.2, -0.15) is 5.10 Å². The Morgan fingerprint density at radius 1 is 1.67 bits per heavy atom. The molecule has 0 spiro atoms. The summed E-state index contributed by atoms with van der Waals surface area (Å²) in [5.41, 5.74) is 7.21. The van der Waals surface area contributed by atoms with Crippen LogP contribution in [0.15, 0.2) is 6.20 Å². The van der Waals surface area contributed by atoms with Crippen LogP contribution >= 0.6 is 0 Å². The first kappa shape index (κ1) is 13.0. The van der Waals surface area contributed by atoms with Gasteiger partial charge in [-0.3, -0.25) is 9.48 Å². The van der Waals surface area contributed by atoms with E-state index in [4.69, 9.17) is 10.5 Å². The summed E-state index contributed by atoms with van der Waals surface area (Å²) >= 11 is 0. The molecule has 0 aromatic carbocycles. The van der Waals surface area contributed by atoms with E-state index < -0.39 is 0 Å². The molecular formula is C12H20N4O2. The molecule has 1 fully saturated rings. The second-order valence-corrected chi connectivity index (χ2v) is 4.48. The molecule has 18 heavy (non-hydrogen) atoms. The number of ether oxygens (including phenoxy) is 1. The Balaban J connectivity index is 2.23. The maximum atomic E-state index is 12.5. The highest BCUT2D eigenvalue weighted by molar-refractivity contribution is 5.95. The average molecular weight is 252 g/mol. The van der Waals surface area contributed by atoms with Crippen molar-refractivity contribution in [1.29, 1.82) is 0 Å². The number of rotatable bonds is 3. The summed E-state index contributed by atoms with van der Waals surface area (Å²) in [6.45, 7) is 4.11. The van der Waals surface area contributed by atoms with Crippen molar-refractivity contribution in [2.24, 2.45) is 12.8 Å². The van der Waals surface area contributed by atoms with E-state index >= 15 is 0 Å². The first-order valence-corrected chi connectivity index (χ1v) is 6.28. The van der Waals surface area contributed by atoms with E-state index in [1.807, 2.05) is 14.0 Å². The van der Waals surface area contributed by atoms with Crippen molar-refractivity contribution in [1.82, 2.24) is 14.7 Å². The van der Waals surface area contributed by atoms with Gasteiger partial charge < -0.3 is 15.4 Å². The van der Waals surface area contributed by atoms with Crippen LogP contribution in [0.2, 0.25) is 0 Å². The maximum Gasteiger partial charge on any atom is 0.257 e. The van der Waals surface area contributed by atoms with Crippen molar-refractivity contribution in [3.63, 3.8) is 0 Å². The number of amides is 1. The number of aromatic nitrogens is 2. The molecular weight excluding hydrogens is 232 g/mol. The Hall–Kier alpha value is -1.40. The molecule has 1 aliphatic rings. The molecule has 100 valence electrons. The van der Waals surface area contributed by atoms with E-state index in [1.165, 1.54) is 0 Å². The highest BCUT2D eigenvalue weighted by atomic mass is 16.5. The minimum atomic E-state index is -0.0313. The number of hydrogen-bond acceptors (Lipinski definition) is 4. The van der Waals surface area contributed by atoms with Crippen LogP contribution in [-0.4, -0.2) is 52.9 Å². The molecule has 0 saturated carbocycles. The number of hydrogen-bond donors (Lipinski definition) is 1. The standard InChI is InChI=1S/C12H20N4O2/c1-3-11-10(7-15(2)14-11)12(17)16-4-5-18-8-9(16)6-13/h7,9H,3-6,8,13H2,1-2H3. The number of nitrogens with zero attached hydrogens (tertiary/aromatic N) is 3. The van der Waals surface area contributed by atoms with Gasteiger partial charge in [0.25, 0.3) is 5.91 Å². The lowest BCUT2D eigenvalue weighted by Crippen LogP contribution is -2.52. The Bertz CT molecular complexity index is 430. The quantitative estimate of drug-likeness (QED) is 0.807. The van der Waals surface area contributed by atoms with E-state index in [0.717, 1.165) is 12.1 Å². The molecule has 2 N–H and O–H groups in total. The molecule has 1 aliphatic heterocycles. The molecule has 6 nitrogen and oxygen atoms in total. The minimum Gasteiger partial charge on any atom is -0.377 e. The SMILES string of the molecule is CCc1nn(C)cc1C(=O)N1CCOCC1CN. The number of aryl methyl sites for hydroxylation is 2. The predicted molar refractivity (Wildman–Crippen MR) is 67.3 cm³/mol. The first-order chi connectivity index (χ1) is 8.67. The zero-order valence-corrected chi connectivity index (χ0v) is 10.9. The number of morpholine rings is 1. The molecule has 1 amide bonds. The Labute approximate surface area is 107 Å². The van der Waals surface area contributed by atoms with Crippen LogP contribution in [-0.2, 0) is 18.2 Å². The van der Waals surface area contributed by atoms with Crippen LogP contribution in [0.4, 0.5) is 0 Å². The molecule has 2 rings (SSSR count). The van der Waals surface area contributed by atoms with Crippen molar-refractivity contribution >= 4 is 5.91 Å². The fourth-order valence-electron chi connectivity index (χ4n) is 2.25. The van der Waals surface area contributed by atoms with E-state index in [9.17, 15) is 4.79 Å². The minimum absolute atomic E-state index is 0.0127. The summed E-state index contributed by atoms with van der Waals surface area (Å²) in [7, 11) is 1.83. The topological polar surface area (TPSA) is 73.4 Å². The predicted octanol–water partition coefficient (Wildman–Crippen LogP) is -0.218. The lowest BCUT2D eigenvalue weighted by atomic mass is 10.1. The van der Waals surface area contributed by atoms with E-state index in [0.29, 0.717) is 31.9 Å². The van der Waals surface area contributed by atoms with Crippen molar-refractivity contribution < 1.29 is 9.53 Å². The van der Waals surface area contributed by atoms with Crippen molar-refractivity contribution in [2.75, 3.05) is 26.3 Å². The van der Waals surface area contributed by atoms with Crippen molar-refractivity contribution in [3.05, 3.63) is 17.5 Å². The normalized spacial score (nSPS) is 20.2. The monoisotopic (exact) mass is 252 g/mol.